The van der Waals surface area contributed by atoms with E-state index in [4.69, 9.17) is 15.2 Å². The summed E-state index contributed by atoms with van der Waals surface area (Å²) in [5.74, 6) is 0.963. The largest absolute Gasteiger partial charge is 0.486 e. The van der Waals surface area contributed by atoms with E-state index in [9.17, 15) is 4.39 Å². The van der Waals surface area contributed by atoms with Gasteiger partial charge in [-0.05, 0) is 23.8 Å². The molecule has 2 aromatic rings. The molecule has 0 spiro atoms. The highest BCUT2D eigenvalue weighted by Gasteiger charge is 2.14. The van der Waals surface area contributed by atoms with Crippen molar-refractivity contribution in [1.82, 2.24) is 0 Å². The third kappa shape index (κ3) is 1.76. The number of fused-ring (bicyclic) bond motifs is 1. The van der Waals surface area contributed by atoms with Crippen LogP contribution in [0.15, 0.2) is 36.4 Å². The maximum Gasteiger partial charge on any atom is 0.161 e. The molecular weight excluding hydrogens is 233 g/mol. The second kappa shape index (κ2) is 4.22. The summed E-state index contributed by atoms with van der Waals surface area (Å²) in [5, 5.41) is 0. The van der Waals surface area contributed by atoms with E-state index >= 15 is 0 Å². The molecule has 3 nitrogen and oxygen atoms in total. The number of hydrogen-bond donors (Lipinski definition) is 1. The van der Waals surface area contributed by atoms with Crippen LogP contribution in [0.3, 0.4) is 0 Å². The van der Waals surface area contributed by atoms with Crippen LogP contribution in [-0.4, -0.2) is 13.2 Å². The fourth-order valence-corrected chi connectivity index (χ4v) is 2.00. The van der Waals surface area contributed by atoms with E-state index < -0.39 is 5.82 Å². The summed E-state index contributed by atoms with van der Waals surface area (Å²) in [6.45, 7) is 1.07. The molecular formula is C14H12FNO2. The van der Waals surface area contributed by atoms with Gasteiger partial charge in [0.25, 0.3) is 0 Å². The van der Waals surface area contributed by atoms with E-state index in [0.29, 0.717) is 30.3 Å². The molecule has 4 heteroatoms. The van der Waals surface area contributed by atoms with Gasteiger partial charge in [0, 0.05) is 5.56 Å². The second-order valence-corrected chi connectivity index (χ2v) is 4.06. The zero-order valence-corrected chi connectivity index (χ0v) is 9.65. The molecule has 0 unspecified atom stereocenters. The van der Waals surface area contributed by atoms with Crippen molar-refractivity contribution in [2.45, 2.75) is 0 Å². The van der Waals surface area contributed by atoms with Gasteiger partial charge in [-0.3, -0.25) is 0 Å². The number of para-hydroxylation sites is 1. The summed E-state index contributed by atoms with van der Waals surface area (Å²) in [7, 11) is 0. The maximum atomic E-state index is 13.4. The molecule has 1 heterocycles. The lowest BCUT2D eigenvalue weighted by molar-refractivity contribution is 0.171. The molecule has 0 amide bonds. The summed E-state index contributed by atoms with van der Waals surface area (Å²) in [5.41, 5.74) is 7.37. The lowest BCUT2D eigenvalue weighted by atomic mass is 10.0. The maximum absolute atomic E-state index is 13.4. The minimum atomic E-state index is -0.414. The Morgan fingerprint density at radius 1 is 1.00 bits per heavy atom. The fraction of sp³-hybridized carbons (Fsp3) is 0.143. The first kappa shape index (κ1) is 10.9. The Labute approximate surface area is 104 Å². The van der Waals surface area contributed by atoms with Crippen LogP contribution in [0.25, 0.3) is 11.1 Å². The molecule has 18 heavy (non-hydrogen) atoms. The van der Waals surface area contributed by atoms with Crippen LogP contribution in [0.4, 0.5) is 10.1 Å². The second-order valence-electron chi connectivity index (χ2n) is 4.06. The summed E-state index contributed by atoms with van der Waals surface area (Å²) in [6, 6.07) is 10.2. The van der Waals surface area contributed by atoms with Crippen molar-refractivity contribution in [1.29, 1.82) is 0 Å². The first-order chi connectivity index (χ1) is 8.75. The van der Waals surface area contributed by atoms with E-state index in [1.54, 1.807) is 12.1 Å². The van der Waals surface area contributed by atoms with Gasteiger partial charge < -0.3 is 15.2 Å². The molecule has 1 aliphatic heterocycles. The van der Waals surface area contributed by atoms with Crippen molar-refractivity contribution in [2.75, 3.05) is 18.9 Å². The normalized spacial score (nSPS) is 13.4. The van der Waals surface area contributed by atoms with E-state index in [0.717, 1.165) is 5.56 Å². The lowest BCUT2D eigenvalue weighted by Gasteiger charge is -2.19. The van der Waals surface area contributed by atoms with E-state index in [-0.39, 0.29) is 5.69 Å². The molecule has 92 valence electrons. The van der Waals surface area contributed by atoms with Crippen LogP contribution < -0.4 is 15.2 Å². The predicted octanol–water partition coefficient (Wildman–Crippen LogP) is 2.85. The smallest absolute Gasteiger partial charge is 0.161 e. The molecule has 0 bridgehead atoms. The van der Waals surface area contributed by atoms with Gasteiger partial charge in [0.1, 0.15) is 19.0 Å². The fourth-order valence-electron chi connectivity index (χ4n) is 2.00. The van der Waals surface area contributed by atoms with E-state index in [1.807, 2.05) is 18.2 Å². The summed E-state index contributed by atoms with van der Waals surface area (Å²) in [6.07, 6.45) is 0. The molecule has 0 aromatic heterocycles. The molecule has 0 saturated carbocycles. The number of ether oxygens (including phenoxy) is 2. The third-order valence-corrected chi connectivity index (χ3v) is 2.91. The Kier molecular flexibility index (Phi) is 2.55. The summed E-state index contributed by atoms with van der Waals surface area (Å²) < 4.78 is 24.4. The molecule has 2 N–H and O–H groups in total. The van der Waals surface area contributed by atoms with Crippen LogP contribution in [0.1, 0.15) is 0 Å². The standard InChI is InChI=1S/C14H12FNO2/c15-11-3-1-2-10(14(11)16)9-4-5-12-13(8-9)18-7-6-17-12/h1-5,8H,6-7,16H2. The van der Waals surface area contributed by atoms with Gasteiger partial charge in [0.05, 0.1) is 5.69 Å². The summed E-state index contributed by atoms with van der Waals surface area (Å²) in [4.78, 5) is 0. The number of benzene rings is 2. The Hall–Kier alpha value is -2.23. The highest BCUT2D eigenvalue weighted by molar-refractivity contribution is 5.78. The number of hydrogen-bond acceptors (Lipinski definition) is 3. The Morgan fingerprint density at radius 2 is 1.78 bits per heavy atom. The van der Waals surface area contributed by atoms with Crippen LogP contribution in [0.2, 0.25) is 0 Å². The third-order valence-electron chi connectivity index (χ3n) is 2.91. The van der Waals surface area contributed by atoms with Crippen LogP contribution >= 0.6 is 0 Å². The monoisotopic (exact) mass is 245 g/mol. The summed E-state index contributed by atoms with van der Waals surface area (Å²) >= 11 is 0. The highest BCUT2D eigenvalue weighted by atomic mass is 19.1. The van der Waals surface area contributed by atoms with E-state index in [2.05, 4.69) is 0 Å². The molecule has 0 saturated heterocycles. The minimum Gasteiger partial charge on any atom is -0.486 e. The minimum absolute atomic E-state index is 0.147. The molecule has 3 rings (SSSR count). The highest BCUT2D eigenvalue weighted by Crippen LogP contribution is 2.36. The number of halogens is 1. The van der Waals surface area contributed by atoms with Gasteiger partial charge in [0.2, 0.25) is 0 Å². The van der Waals surface area contributed by atoms with Crippen LogP contribution in [-0.2, 0) is 0 Å². The van der Waals surface area contributed by atoms with E-state index in [1.165, 1.54) is 6.07 Å². The van der Waals surface area contributed by atoms with Gasteiger partial charge in [-0.25, -0.2) is 4.39 Å². The van der Waals surface area contributed by atoms with Gasteiger partial charge in [-0.2, -0.15) is 0 Å². The van der Waals surface area contributed by atoms with Gasteiger partial charge in [-0.15, -0.1) is 0 Å². The first-order valence-electron chi connectivity index (χ1n) is 5.70. The first-order valence-corrected chi connectivity index (χ1v) is 5.70. The van der Waals surface area contributed by atoms with Crippen LogP contribution in [0.5, 0.6) is 11.5 Å². The van der Waals surface area contributed by atoms with Crippen molar-refractivity contribution in [3.8, 4) is 22.6 Å². The Balaban J connectivity index is 2.09. The molecule has 2 aromatic carbocycles. The molecule has 1 aliphatic rings. The quantitative estimate of drug-likeness (QED) is 0.786. The molecule has 0 radical (unpaired) electrons. The van der Waals surface area contributed by atoms with Gasteiger partial charge in [0.15, 0.2) is 11.5 Å². The number of rotatable bonds is 1. The zero-order chi connectivity index (χ0) is 12.5. The predicted molar refractivity (Wildman–Crippen MR) is 67.2 cm³/mol. The number of anilines is 1. The molecule has 0 aliphatic carbocycles. The van der Waals surface area contributed by atoms with Crippen molar-refractivity contribution < 1.29 is 13.9 Å². The molecule has 0 atom stereocenters. The van der Waals surface area contributed by atoms with Gasteiger partial charge >= 0.3 is 0 Å². The van der Waals surface area contributed by atoms with Gasteiger partial charge in [-0.1, -0.05) is 18.2 Å². The van der Waals surface area contributed by atoms with Crippen molar-refractivity contribution in [2.24, 2.45) is 0 Å². The average molecular weight is 245 g/mol. The topological polar surface area (TPSA) is 44.5 Å². The number of nitrogens with two attached hydrogens (primary N) is 1. The van der Waals surface area contributed by atoms with Crippen LogP contribution in [0, 0.1) is 5.82 Å². The molecule has 0 fully saturated rings. The average Bonchev–Trinajstić information content (AvgIpc) is 2.41. The Morgan fingerprint density at radius 3 is 2.61 bits per heavy atom. The van der Waals surface area contributed by atoms with Crippen molar-refractivity contribution in [3.05, 3.63) is 42.2 Å². The number of nitrogen functional groups attached to an aromatic ring is 1. The zero-order valence-electron chi connectivity index (χ0n) is 9.65. The lowest BCUT2D eigenvalue weighted by Crippen LogP contribution is -2.15. The Bertz CT molecular complexity index is 598. The van der Waals surface area contributed by atoms with Crippen molar-refractivity contribution in [3.63, 3.8) is 0 Å². The SMILES string of the molecule is Nc1c(F)cccc1-c1ccc2c(c1)OCCO2. The van der Waals surface area contributed by atoms with Crippen molar-refractivity contribution >= 4 is 5.69 Å².